The number of amides is 4. The summed E-state index contributed by atoms with van der Waals surface area (Å²) in [6.07, 6.45) is 3.22. The number of nitrogens with two attached hydrogens (primary N) is 2. The molecule has 4 amide bonds. The van der Waals surface area contributed by atoms with E-state index in [4.69, 9.17) is 16.3 Å². The number of nitrogens with one attached hydrogen (secondary N) is 2. The van der Waals surface area contributed by atoms with Crippen LogP contribution in [0, 0.1) is 0 Å². The molecule has 1 aromatic heterocycles. The number of anilines is 1. The van der Waals surface area contributed by atoms with Crippen LogP contribution in [-0.4, -0.2) is 90.3 Å². The molecule has 5 heterocycles. The molecule has 0 bridgehead atoms. The SMILES string of the molecule is CO/N=C(\C(=O)N[C@@H]1C(=O)N2C(C(=O)O)=C(CSC3=CC(C)=NC4=CN(C(N)=O)NN43)CS[C@H]12)c1csc(N)n1.[H-].[Na+]. The van der Waals surface area contributed by atoms with E-state index in [1.54, 1.807) is 18.0 Å². The van der Waals surface area contributed by atoms with Crippen molar-refractivity contribution in [3.05, 3.63) is 45.5 Å². The van der Waals surface area contributed by atoms with Crippen molar-refractivity contribution in [2.24, 2.45) is 15.9 Å². The van der Waals surface area contributed by atoms with Crippen LogP contribution < -0.4 is 51.9 Å². The van der Waals surface area contributed by atoms with E-state index in [2.05, 4.69) is 26.0 Å². The summed E-state index contributed by atoms with van der Waals surface area (Å²) in [7, 11) is 1.27. The molecule has 0 unspecified atom stereocenters. The number of urea groups is 1. The first-order valence-electron chi connectivity index (χ1n) is 11.4. The summed E-state index contributed by atoms with van der Waals surface area (Å²) >= 11 is 3.75. The average molecular weight is 631 g/mol. The molecular weight excluding hydrogens is 607 g/mol. The number of aliphatic imine (C=N–C) groups is 1. The Bertz CT molecular complexity index is 1480. The molecule has 1 fully saturated rings. The summed E-state index contributed by atoms with van der Waals surface area (Å²) in [5.41, 5.74) is 14.9. The third-order valence-electron chi connectivity index (χ3n) is 5.86. The number of hydrogen-bond donors (Lipinski definition) is 5. The number of rotatable bonds is 8. The van der Waals surface area contributed by atoms with Crippen molar-refractivity contribution in [2.75, 3.05) is 24.3 Å². The number of carboxylic acids is 1. The van der Waals surface area contributed by atoms with Gasteiger partial charge >= 0.3 is 41.6 Å². The molecule has 1 saturated heterocycles. The Morgan fingerprint density at radius 2 is 2.17 bits per heavy atom. The Labute approximate surface area is 268 Å². The zero-order valence-corrected chi connectivity index (χ0v) is 26.3. The number of fused-ring (bicyclic) bond motifs is 2. The third kappa shape index (κ3) is 5.96. The van der Waals surface area contributed by atoms with Crippen molar-refractivity contribution in [2.45, 2.75) is 18.3 Å². The van der Waals surface area contributed by atoms with E-state index in [1.807, 2.05) is 0 Å². The van der Waals surface area contributed by atoms with Gasteiger partial charge in [0, 0.05) is 22.6 Å². The quantitative estimate of drug-likeness (QED) is 0.0834. The largest absolute Gasteiger partial charge is 1.00 e. The molecule has 0 spiro atoms. The molecule has 16 nitrogen and oxygen atoms in total. The van der Waals surface area contributed by atoms with Gasteiger partial charge in [-0.1, -0.05) is 5.16 Å². The third-order valence-corrected chi connectivity index (χ3v) is 8.96. The zero-order chi connectivity index (χ0) is 28.7. The number of oxime groups is 1. The van der Waals surface area contributed by atoms with Gasteiger partial charge in [-0.3, -0.25) is 14.5 Å². The van der Waals surface area contributed by atoms with Crippen LogP contribution in [0.4, 0.5) is 9.93 Å². The average Bonchev–Trinajstić information content (AvgIpc) is 3.54. The van der Waals surface area contributed by atoms with Crippen molar-refractivity contribution in [1.82, 2.24) is 30.8 Å². The predicted octanol–water partition coefficient (Wildman–Crippen LogP) is -3.11. The summed E-state index contributed by atoms with van der Waals surface area (Å²) in [4.78, 5) is 64.2. The minimum absolute atomic E-state index is 0. The van der Waals surface area contributed by atoms with Crippen molar-refractivity contribution < 1.29 is 60.1 Å². The van der Waals surface area contributed by atoms with Crippen LogP contribution in [0.3, 0.4) is 0 Å². The van der Waals surface area contributed by atoms with Gasteiger partial charge in [0.15, 0.2) is 16.7 Å². The van der Waals surface area contributed by atoms with Crippen molar-refractivity contribution in [3.63, 3.8) is 0 Å². The maximum Gasteiger partial charge on any atom is 1.00 e. The Morgan fingerprint density at radius 3 is 2.80 bits per heavy atom. The van der Waals surface area contributed by atoms with E-state index in [0.717, 1.165) is 16.3 Å². The number of carbonyl (C=O) groups excluding carboxylic acids is 3. The molecule has 212 valence electrons. The summed E-state index contributed by atoms with van der Waals surface area (Å²) in [5, 5.41) is 20.8. The molecule has 7 N–H and O–H groups in total. The Hall–Kier alpha value is -3.07. The Morgan fingerprint density at radius 1 is 1.41 bits per heavy atom. The Balaban J connectivity index is 0.00000242. The van der Waals surface area contributed by atoms with Gasteiger partial charge in [-0.15, -0.1) is 40.4 Å². The van der Waals surface area contributed by atoms with Crippen molar-refractivity contribution >= 4 is 75.2 Å². The fraction of sp³-hybridized carbons (Fsp3) is 0.286. The molecule has 4 aliphatic heterocycles. The maximum absolute atomic E-state index is 13.1. The molecular formula is C21H23N10NaO6S3. The first-order valence-corrected chi connectivity index (χ1v) is 14.3. The zero-order valence-electron chi connectivity index (χ0n) is 22.9. The van der Waals surface area contributed by atoms with Gasteiger partial charge in [0.1, 0.15) is 29.9 Å². The van der Waals surface area contributed by atoms with Crippen LogP contribution in [0.25, 0.3) is 0 Å². The van der Waals surface area contributed by atoms with E-state index < -0.39 is 35.2 Å². The molecule has 41 heavy (non-hydrogen) atoms. The Kier molecular flexibility index (Phi) is 9.36. The fourth-order valence-electron chi connectivity index (χ4n) is 4.13. The van der Waals surface area contributed by atoms with Gasteiger partial charge in [-0.25, -0.2) is 29.6 Å². The molecule has 2 atom stereocenters. The minimum atomic E-state index is -1.26. The second-order valence-corrected chi connectivity index (χ2v) is 11.5. The monoisotopic (exact) mass is 630 g/mol. The van der Waals surface area contributed by atoms with Crippen LogP contribution in [0.5, 0.6) is 0 Å². The number of aromatic nitrogens is 1. The number of carbonyl (C=O) groups is 4. The minimum Gasteiger partial charge on any atom is -1.00 e. The number of aliphatic carboxylic acids is 1. The topological polar surface area (TPSA) is 221 Å². The molecule has 0 aromatic carbocycles. The van der Waals surface area contributed by atoms with Gasteiger partial charge in [0.2, 0.25) is 0 Å². The van der Waals surface area contributed by atoms with Crippen LogP contribution in [-0.2, 0) is 19.2 Å². The number of thiazole rings is 1. The maximum atomic E-state index is 13.1. The fourth-order valence-corrected chi connectivity index (χ4v) is 7.24. The molecule has 5 rings (SSSR count). The first kappa shape index (κ1) is 30.9. The van der Waals surface area contributed by atoms with Gasteiger partial charge in [-0.2, -0.15) is 0 Å². The molecule has 1 aromatic rings. The normalized spacial score (nSPS) is 21.6. The van der Waals surface area contributed by atoms with Crippen LogP contribution in [0.15, 0.2) is 49.9 Å². The van der Waals surface area contributed by atoms with Gasteiger partial charge in [0.05, 0.1) is 11.2 Å². The number of nitrogens with zero attached hydrogens (tertiary/aromatic N) is 6. The van der Waals surface area contributed by atoms with Crippen molar-refractivity contribution in [3.8, 4) is 0 Å². The van der Waals surface area contributed by atoms with Gasteiger partial charge in [0.25, 0.3) is 11.8 Å². The molecule has 0 saturated carbocycles. The van der Waals surface area contributed by atoms with E-state index in [0.29, 0.717) is 27.9 Å². The number of nitrogen functional groups attached to an aromatic ring is 1. The smallest absolute Gasteiger partial charge is 1.00 e. The summed E-state index contributed by atoms with van der Waals surface area (Å²) in [6.45, 7) is 1.79. The molecule has 4 aliphatic rings. The summed E-state index contributed by atoms with van der Waals surface area (Å²) in [6, 6.07) is -1.70. The predicted molar refractivity (Wildman–Crippen MR) is 149 cm³/mol. The van der Waals surface area contributed by atoms with Crippen molar-refractivity contribution in [1.29, 1.82) is 0 Å². The van der Waals surface area contributed by atoms with Gasteiger partial charge < -0.3 is 28.2 Å². The number of carboxylic acid groups (broad SMARTS) is 1. The van der Waals surface area contributed by atoms with Crippen LogP contribution in [0.1, 0.15) is 14.0 Å². The number of allylic oxidation sites excluding steroid dienone is 1. The van der Waals surface area contributed by atoms with E-state index >= 15 is 0 Å². The van der Waals surface area contributed by atoms with Crippen LogP contribution >= 0.6 is 34.9 Å². The number of hydrazine groups is 2. The second kappa shape index (κ2) is 12.4. The number of hydrogen-bond acceptors (Lipinski definition) is 14. The number of primary amides is 1. The first-order chi connectivity index (χ1) is 19.1. The molecule has 0 radical (unpaired) electrons. The second-order valence-electron chi connectivity index (χ2n) is 8.47. The number of thioether (sulfide) groups is 2. The summed E-state index contributed by atoms with van der Waals surface area (Å²) < 4.78 is 0. The standard InChI is InChI=1S/C21H22N10O6S3.Na.H/c1-8-3-12(31-11(24-8)4-29(28-31)21(23)36)38-5-9-6-39-18-14(17(33)30(18)15(9)19(34)35)26-16(32)13(27-37-2)10-7-40-20(22)25-10;;/h3-4,7,14,18,28H,5-6H2,1-2H3,(H2,22,25)(H2,23,36)(H,26,32)(H,34,35);;/q;+1;-1/b27-13-;;/t14-,18-;;/m1../s1. The van der Waals surface area contributed by atoms with Crippen LogP contribution in [0.2, 0.25) is 0 Å². The van der Waals surface area contributed by atoms with E-state index in [-0.39, 0.29) is 59.0 Å². The molecule has 20 heteroatoms. The van der Waals surface area contributed by atoms with Gasteiger partial charge in [-0.05, 0) is 18.6 Å². The molecule has 0 aliphatic carbocycles. The van der Waals surface area contributed by atoms with E-state index in [1.165, 1.54) is 47.1 Å². The number of β-lactam (4-membered cyclic amide) rings is 1. The van der Waals surface area contributed by atoms with E-state index in [9.17, 15) is 24.3 Å². The summed E-state index contributed by atoms with van der Waals surface area (Å²) in [5.74, 6) is -1.54.